The summed E-state index contributed by atoms with van der Waals surface area (Å²) in [4.78, 5) is 13.7. The van der Waals surface area contributed by atoms with E-state index in [1.807, 2.05) is 0 Å². The molecule has 0 aliphatic heterocycles. The minimum atomic E-state index is -0.975. The summed E-state index contributed by atoms with van der Waals surface area (Å²) in [6, 6.07) is -0.787. The number of aliphatic carboxylic acids is 1. The lowest BCUT2D eigenvalue weighted by Crippen LogP contribution is -2.30. The van der Waals surface area contributed by atoms with Crippen molar-refractivity contribution in [2.24, 2.45) is 10.7 Å². The first-order chi connectivity index (χ1) is 5.68. The van der Waals surface area contributed by atoms with E-state index in [1.54, 1.807) is 0 Å². The van der Waals surface area contributed by atoms with Crippen molar-refractivity contribution in [1.29, 1.82) is 0 Å². The summed E-state index contributed by atoms with van der Waals surface area (Å²) in [5.41, 5.74) is 5.24. The number of ether oxygens (including phenoxy) is 1. The summed E-state index contributed by atoms with van der Waals surface area (Å²) < 4.78 is 4.94. The number of hydrogen-bond acceptors (Lipinski definition) is 4. The molecule has 0 saturated carbocycles. The van der Waals surface area contributed by atoms with Crippen LogP contribution in [-0.4, -0.2) is 37.2 Å². The lowest BCUT2D eigenvalue weighted by Gasteiger charge is -2.04. The number of nitrogens with two attached hydrogens (primary N) is 1. The highest BCUT2D eigenvalue weighted by Gasteiger charge is 2.09. The molecule has 0 unspecified atom stereocenters. The number of hydrogen-bond donors (Lipinski definition) is 2. The molecule has 0 aromatic rings. The molecule has 0 aliphatic carbocycles. The van der Waals surface area contributed by atoms with Gasteiger partial charge in [-0.3, -0.25) is 9.79 Å². The van der Waals surface area contributed by atoms with Crippen molar-refractivity contribution in [3.8, 4) is 0 Å². The van der Waals surface area contributed by atoms with Gasteiger partial charge >= 0.3 is 5.97 Å². The molecule has 0 rings (SSSR count). The van der Waals surface area contributed by atoms with Gasteiger partial charge in [-0.05, 0) is 19.6 Å². The van der Waals surface area contributed by atoms with Crippen molar-refractivity contribution in [2.75, 3.05) is 13.3 Å². The predicted octanol–water partition coefficient (Wildman–Crippen LogP) is -0.147. The van der Waals surface area contributed by atoms with E-state index < -0.39 is 12.0 Å². The Labute approximate surface area is 71.2 Å². The third kappa shape index (κ3) is 5.82. The fourth-order valence-electron chi connectivity index (χ4n) is 0.658. The van der Waals surface area contributed by atoms with Crippen LogP contribution in [0.3, 0.4) is 0 Å². The second kappa shape index (κ2) is 6.75. The molecule has 12 heavy (non-hydrogen) atoms. The van der Waals surface area contributed by atoms with Crippen molar-refractivity contribution < 1.29 is 14.6 Å². The van der Waals surface area contributed by atoms with Gasteiger partial charge in [0, 0.05) is 6.61 Å². The minimum absolute atomic E-state index is 0.252. The van der Waals surface area contributed by atoms with Crippen molar-refractivity contribution in [3.05, 3.63) is 0 Å². The summed E-state index contributed by atoms with van der Waals surface area (Å²) in [7, 11) is 0. The predicted molar refractivity (Wildman–Crippen MR) is 45.2 cm³/mol. The van der Waals surface area contributed by atoms with Gasteiger partial charge in [0.15, 0.2) is 0 Å². The maximum atomic E-state index is 10.2. The van der Waals surface area contributed by atoms with E-state index >= 15 is 0 Å². The Balaban J connectivity index is 3.19. The van der Waals surface area contributed by atoms with Crippen LogP contribution in [0.25, 0.3) is 0 Å². The fraction of sp³-hybridized carbons (Fsp3) is 0.714. The molecule has 0 aromatic carbocycles. The first-order valence-electron chi connectivity index (χ1n) is 3.67. The molecular weight excluding hydrogens is 160 g/mol. The van der Waals surface area contributed by atoms with Crippen LogP contribution in [0.2, 0.25) is 0 Å². The number of carboxylic acids is 1. The Morgan fingerprint density at radius 1 is 1.75 bits per heavy atom. The molecule has 1 atom stereocenters. The summed E-state index contributed by atoms with van der Waals surface area (Å²) in [5, 5.41) is 8.39. The van der Waals surface area contributed by atoms with Crippen molar-refractivity contribution in [1.82, 2.24) is 0 Å². The lowest BCUT2D eigenvalue weighted by atomic mass is 10.2. The zero-order valence-electron chi connectivity index (χ0n) is 6.90. The van der Waals surface area contributed by atoms with Crippen molar-refractivity contribution in [3.63, 3.8) is 0 Å². The van der Waals surface area contributed by atoms with Crippen molar-refractivity contribution in [2.45, 2.75) is 18.9 Å². The van der Waals surface area contributed by atoms with Gasteiger partial charge in [0.25, 0.3) is 0 Å². The average molecular weight is 174 g/mol. The van der Waals surface area contributed by atoms with Gasteiger partial charge in [-0.15, -0.1) is 0 Å². The van der Waals surface area contributed by atoms with Crippen molar-refractivity contribution >= 4 is 12.7 Å². The van der Waals surface area contributed by atoms with E-state index in [0.717, 1.165) is 0 Å². The van der Waals surface area contributed by atoms with Gasteiger partial charge in [-0.25, -0.2) is 0 Å². The van der Waals surface area contributed by atoms with Gasteiger partial charge in [-0.1, -0.05) is 0 Å². The van der Waals surface area contributed by atoms with E-state index in [4.69, 9.17) is 15.6 Å². The highest BCUT2D eigenvalue weighted by Crippen LogP contribution is 1.95. The SMILES string of the molecule is C=NCOCCC[C@@H](N)C(=O)O. The Bertz CT molecular complexity index is 150. The fourth-order valence-corrected chi connectivity index (χ4v) is 0.658. The Morgan fingerprint density at radius 2 is 2.42 bits per heavy atom. The van der Waals surface area contributed by atoms with Crippen LogP contribution >= 0.6 is 0 Å². The molecule has 0 heterocycles. The van der Waals surface area contributed by atoms with E-state index in [1.165, 1.54) is 0 Å². The Hall–Kier alpha value is -0.940. The standard InChI is InChI=1S/C7H14N2O3/c1-9-5-12-4-2-3-6(8)7(10)11/h6H,1-5,8H2,(H,10,11)/t6-/m1/s1. The lowest BCUT2D eigenvalue weighted by molar-refractivity contribution is -0.138. The second-order valence-electron chi connectivity index (χ2n) is 2.35. The minimum Gasteiger partial charge on any atom is -0.480 e. The summed E-state index contributed by atoms with van der Waals surface area (Å²) in [5.74, 6) is -0.975. The highest BCUT2D eigenvalue weighted by molar-refractivity contribution is 5.72. The molecule has 0 aliphatic rings. The normalized spacial score (nSPS) is 12.4. The molecule has 5 nitrogen and oxygen atoms in total. The van der Waals surface area contributed by atoms with E-state index in [9.17, 15) is 4.79 Å². The molecule has 0 saturated heterocycles. The number of rotatable bonds is 7. The Morgan fingerprint density at radius 3 is 2.92 bits per heavy atom. The highest BCUT2D eigenvalue weighted by atomic mass is 16.5. The molecule has 5 heteroatoms. The topological polar surface area (TPSA) is 84.9 Å². The first kappa shape index (κ1) is 11.1. The van der Waals surface area contributed by atoms with Crippen LogP contribution in [0.5, 0.6) is 0 Å². The van der Waals surface area contributed by atoms with Crippen LogP contribution in [0.15, 0.2) is 4.99 Å². The molecule has 0 fully saturated rings. The maximum absolute atomic E-state index is 10.2. The molecule has 70 valence electrons. The smallest absolute Gasteiger partial charge is 0.320 e. The third-order valence-corrected chi connectivity index (χ3v) is 1.30. The van der Waals surface area contributed by atoms with Crippen LogP contribution in [-0.2, 0) is 9.53 Å². The summed E-state index contributed by atoms with van der Waals surface area (Å²) >= 11 is 0. The number of carbonyl (C=O) groups is 1. The van der Waals surface area contributed by atoms with Crippen LogP contribution in [0.1, 0.15) is 12.8 Å². The molecule has 0 spiro atoms. The second-order valence-corrected chi connectivity index (χ2v) is 2.35. The van der Waals surface area contributed by atoms with E-state index in [-0.39, 0.29) is 6.73 Å². The zero-order chi connectivity index (χ0) is 9.40. The van der Waals surface area contributed by atoms with Gasteiger partial charge in [0.2, 0.25) is 0 Å². The first-order valence-corrected chi connectivity index (χ1v) is 3.67. The van der Waals surface area contributed by atoms with Gasteiger partial charge in [0.1, 0.15) is 12.8 Å². The van der Waals surface area contributed by atoms with E-state index in [2.05, 4.69) is 11.7 Å². The molecule has 0 aromatic heterocycles. The number of carboxylic acid groups (broad SMARTS) is 1. The van der Waals surface area contributed by atoms with Crippen LogP contribution < -0.4 is 5.73 Å². The number of aliphatic imine (C=N–C) groups is 1. The quantitative estimate of drug-likeness (QED) is 0.415. The number of nitrogens with zero attached hydrogens (tertiary/aromatic N) is 1. The van der Waals surface area contributed by atoms with Crippen LogP contribution in [0.4, 0.5) is 0 Å². The van der Waals surface area contributed by atoms with Gasteiger partial charge in [0.05, 0.1) is 0 Å². The maximum Gasteiger partial charge on any atom is 0.320 e. The molecule has 0 amide bonds. The zero-order valence-corrected chi connectivity index (χ0v) is 6.90. The van der Waals surface area contributed by atoms with E-state index in [0.29, 0.717) is 19.4 Å². The molecule has 0 bridgehead atoms. The summed E-state index contributed by atoms with van der Waals surface area (Å²) in [6.07, 6.45) is 1.05. The van der Waals surface area contributed by atoms with Gasteiger partial charge < -0.3 is 15.6 Å². The molecule has 3 N–H and O–H groups in total. The van der Waals surface area contributed by atoms with Gasteiger partial charge in [-0.2, -0.15) is 0 Å². The molecular formula is C7H14N2O3. The molecule has 0 radical (unpaired) electrons. The summed E-state index contributed by atoms with van der Waals surface area (Å²) in [6.45, 7) is 3.95. The van der Waals surface area contributed by atoms with Crippen LogP contribution in [0, 0.1) is 0 Å². The largest absolute Gasteiger partial charge is 0.480 e. The monoisotopic (exact) mass is 174 g/mol. The Kier molecular flexibility index (Phi) is 6.22. The average Bonchev–Trinajstić information content (AvgIpc) is 2.03. The third-order valence-electron chi connectivity index (χ3n) is 1.30.